The van der Waals surface area contributed by atoms with E-state index in [-0.39, 0.29) is 11.8 Å². The minimum atomic E-state index is 0.0496. The van der Waals surface area contributed by atoms with E-state index in [1.54, 1.807) is 0 Å². The summed E-state index contributed by atoms with van der Waals surface area (Å²) in [5, 5.41) is 3.91. The van der Waals surface area contributed by atoms with Crippen molar-refractivity contribution >= 4 is 17.5 Å². The zero-order valence-corrected chi connectivity index (χ0v) is 18.8. The van der Waals surface area contributed by atoms with Crippen molar-refractivity contribution in [3.8, 4) is 0 Å². The Bertz CT molecular complexity index is 852. The second-order valence-corrected chi connectivity index (χ2v) is 9.06. The van der Waals surface area contributed by atoms with Crippen LogP contribution in [0.5, 0.6) is 0 Å². The topological polar surface area (TPSA) is 44.8 Å². The van der Waals surface area contributed by atoms with E-state index in [1.165, 1.54) is 11.1 Å². The second-order valence-electron chi connectivity index (χ2n) is 8.63. The molecule has 5 nitrogen and oxygen atoms in total. The number of morpholine rings is 1. The van der Waals surface area contributed by atoms with Gasteiger partial charge < -0.3 is 10.1 Å². The molecule has 2 aromatic rings. The third kappa shape index (κ3) is 6.78. The van der Waals surface area contributed by atoms with Gasteiger partial charge in [0.15, 0.2) is 0 Å². The third-order valence-electron chi connectivity index (χ3n) is 6.17. The van der Waals surface area contributed by atoms with Crippen LogP contribution in [0.4, 0.5) is 0 Å². The molecule has 6 heteroatoms. The molecule has 2 aliphatic rings. The van der Waals surface area contributed by atoms with E-state index in [1.807, 2.05) is 18.2 Å². The van der Waals surface area contributed by atoms with Gasteiger partial charge in [0.25, 0.3) is 0 Å². The van der Waals surface area contributed by atoms with Crippen LogP contribution in [0, 0.1) is 5.92 Å². The van der Waals surface area contributed by atoms with E-state index < -0.39 is 0 Å². The molecule has 0 aliphatic carbocycles. The monoisotopic (exact) mass is 441 g/mol. The molecule has 2 aliphatic heterocycles. The van der Waals surface area contributed by atoms with Crippen LogP contribution in [0.25, 0.3) is 0 Å². The summed E-state index contributed by atoms with van der Waals surface area (Å²) in [7, 11) is 0. The van der Waals surface area contributed by atoms with Gasteiger partial charge in [0, 0.05) is 44.3 Å². The summed E-state index contributed by atoms with van der Waals surface area (Å²) in [4.78, 5) is 17.6. The van der Waals surface area contributed by atoms with Crippen molar-refractivity contribution in [1.82, 2.24) is 15.1 Å². The Balaban J connectivity index is 1.23. The summed E-state index contributed by atoms with van der Waals surface area (Å²) in [6.45, 7) is 7.85. The van der Waals surface area contributed by atoms with Crippen molar-refractivity contribution in [1.29, 1.82) is 0 Å². The molecule has 0 aromatic heterocycles. The molecule has 0 saturated carbocycles. The van der Waals surface area contributed by atoms with Crippen LogP contribution in [0.15, 0.2) is 48.5 Å². The first-order valence-electron chi connectivity index (χ1n) is 11.3. The molecule has 0 radical (unpaired) electrons. The number of hydrogen-bond acceptors (Lipinski definition) is 4. The second kappa shape index (κ2) is 11.1. The Kier molecular flexibility index (Phi) is 7.97. The van der Waals surface area contributed by atoms with Gasteiger partial charge in [-0.05, 0) is 48.2 Å². The van der Waals surface area contributed by atoms with E-state index in [0.717, 1.165) is 75.9 Å². The average molecular weight is 442 g/mol. The number of nitrogens with one attached hydrogen (secondary N) is 1. The van der Waals surface area contributed by atoms with E-state index in [0.29, 0.717) is 6.54 Å². The van der Waals surface area contributed by atoms with Crippen molar-refractivity contribution in [2.24, 2.45) is 5.92 Å². The number of rotatable bonds is 7. The fourth-order valence-electron chi connectivity index (χ4n) is 4.42. The number of nitrogens with zero attached hydrogens (tertiary/aromatic N) is 2. The average Bonchev–Trinajstić information content (AvgIpc) is 2.79. The molecule has 2 fully saturated rings. The van der Waals surface area contributed by atoms with Crippen LogP contribution in [-0.4, -0.2) is 55.1 Å². The van der Waals surface area contributed by atoms with Gasteiger partial charge in [0.2, 0.25) is 5.91 Å². The highest BCUT2D eigenvalue weighted by Gasteiger charge is 2.25. The normalized spacial score (nSPS) is 20.5. The predicted molar refractivity (Wildman–Crippen MR) is 124 cm³/mol. The van der Waals surface area contributed by atoms with Crippen molar-refractivity contribution in [2.75, 3.05) is 39.4 Å². The van der Waals surface area contributed by atoms with Crippen LogP contribution in [0.1, 0.15) is 29.5 Å². The molecule has 4 rings (SSSR count). The zero-order valence-electron chi connectivity index (χ0n) is 18.1. The van der Waals surface area contributed by atoms with Crippen LogP contribution < -0.4 is 5.32 Å². The maximum atomic E-state index is 12.8. The Morgan fingerprint density at radius 1 is 0.968 bits per heavy atom. The first-order valence-corrected chi connectivity index (χ1v) is 11.7. The van der Waals surface area contributed by atoms with Crippen molar-refractivity contribution < 1.29 is 9.53 Å². The first kappa shape index (κ1) is 22.3. The molecule has 31 heavy (non-hydrogen) atoms. The number of likely N-dealkylation sites (tertiary alicyclic amines) is 1. The van der Waals surface area contributed by atoms with E-state index in [4.69, 9.17) is 16.3 Å². The summed E-state index contributed by atoms with van der Waals surface area (Å²) in [6.07, 6.45) is 2.01. The number of ether oxygens (including phenoxy) is 1. The van der Waals surface area contributed by atoms with Crippen LogP contribution in [0.2, 0.25) is 5.02 Å². The number of benzene rings is 2. The van der Waals surface area contributed by atoms with E-state index in [9.17, 15) is 4.79 Å². The molecule has 1 atom stereocenters. The molecule has 166 valence electrons. The minimum Gasteiger partial charge on any atom is -0.379 e. The van der Waals surface area contributed by atoms with Gasteiger partial charge in [-0.1, -0.05) is 48.0 Å². The lowest BCUT2D eigenvalue weighted by molar-refractivity contribution is -0.126. The van der Waals surface area contributed by atoms with Crippen molar-refractivity contribution in [2.45, 2.75) is 32.5 Å². The van der Waals surface area contributed by atoms with E-state index in [2.05, 4.69) is 45.4 Å². The van der Waals surface area contributed by atoms with E-state index >= 15 is 0 Å². The standard InChI is InChI=1S/C25H32ClN3O2/c26-24-5-1-3-22(15-24)18-29-10-2-4-23(19-29)25(30)27-16-20-6-8-21(9-7-20)17-28-11-13-31-14-12-28/h1,3,5-9,15,23H,2,4,10-14,16-19H2,(H,27,30). The zero-order chi connectivity index (χ0) is 21.5. The van der Waals surface area contributed by atoms with Gasteiger partial charge in [-0.2, -0.15) is 0 Å². The Labute approximate surface area is 190 Å². The molecule has 1 unspecified atom stereocenters. The highest BCUT2D eigenvalue weighted by molar-refractivity contribution is 6.30. The van der Waals surface area contributed by atoms with Gasteiger partial charge >= 0.3 is 0 Å². The number of amides is 1. The number of carbonyl (C=O) groups excluding carboxylic acids is 1. The SMILES string of the molecule is O=C(NCc1ccc(CN2CCOCC2)cc1)C1CCCN(Cc2cccc(Cl)c2)C1. The van der Waals surface area contributed by atoms with Gasteiger partial charge in [-0.25, -0.2) is 0 Å². The number of carbonyl (C=O) groups is 1. The van der Waals surface area contributed by atoms with Crippen LogP contribution >= 0.6 is 11.6 Å². The Morgan fingerprint density at radius 3 is 2.48 bits per heavy atom. The summed E-state index contributed by atoms with van der Waals surface area (Å²) < 4.78 is 5.41. The van der Waals surface area contributed by atoms with Crippen LogP contribution in [-0.2, 0) is 29.2 Å². The first-order chi connectivity index (χ1) is 15.2. The molecule has 0 spiro atoms. The summed E-state index contributed by atoms with van der Waals surface area (Å²) >= 11 is 6.11. The number of halogens is 1. The maximum Gasteiger partial charge on any atom is 0.224 e. The summed E-state index contributed by atoms with van der Waals surface area (Å²) in [5.41, 5.74) is 3.65. The lowest BCUT2D eigenvalue weighted by atomic mass is 9.96. The number of piperidine rings is 1. The molecule has 2 heterocycles. The molecule has 1 amide bonds. The quantitative estimate of drug-likeness (QED) is 0.711. The molecular formula is C25H32ClN3O2. The third-order valence-corrected chi connectivity index (χ3v) is 6.41. The summed E-state index contributed by atoms with van der Waals surface area (Å²) in [6, 6.07) is 16.6. The Morgan fingerprint density at radius 2 is 1.71 bits per heavy atom. The smallest absolute Gasteiger partial charge is 0.224 e. The van der Waals surface area contributed by atoms with Crippen molar-refractivity contribution in [3.63, 3.8) is 0 Å². The predicted octanol–water partition coefficient (Wildman–Crippen LogP) is 3.70. The van der Waals surface area contributed by atoms with Gasteiger partial charge in [0.05, 0.1) is 19.1 Å². The fraction of sp³-hybridized carbons (Fsp3) is 0.480. The highest BCUT2D eigenvalue weighted by Crippen LogP contribution is 2.20. The highest BCUT2D eigenvalue weighted by atomic mass is 35.5. The number of hydrogen-bond donors (Lipinski definition) is 1. The maximum absolute atomic E-state index is 12.8. The minimum absolute atomic E-state index is 0.0496. The molecular weight excluding hydrogens is 410 g/mol. The van der Waals surface area contributed by atoms with Crippen molar-refractivity contribution in [3.05, 3.63) is 70.2 Å². The van der Waals surface area contributed by atoms with Gasteiger partial charge in [0.1, 0.15) is 0 Å². The van der Waals surface area contributed by atoms with Gasteiger partial charge in [-0.3, -0.25) is 14.6 Å². The molecule has 2 aromatic carbocycles. The van der Waals surface area contributed by atoms with Crippen LogP contribution in [0.3, 0.4) is 0 Å². The summed E-state index contributed by atoms with van der Waals surface area (Å²) in [5.74, 6) is 0.210. The molecule has 2 saturated heterocycles. The molecule has 0 bridgehead atoms. The van der Waals surface area contributed by atoms with Gasteiger partial charge in [-0.15, -0.1) is 0 Å². The lowest BCUT2D eigenvalue weighted by Gasteiger charge is -2.32. The lowest BCUT2D eigenvalue weighted by Crippen LogP contribution is -2.42. The molecule has 1 N–H and O–H groups in total. The largest absolute Gasteiger partial charge is 0.379 e. The Hall–Kier alpha value is -1.92. The fourth-order valence-corrected chi connectivity index (χ4v) is 4.63.